The fourth-order valence-corrected chi connectivity index (χ4v) is 16.3. The lowest BCUT2D eigenvalue weighted by Crippen LogP contribution is -2.58. The van der Waals surface area contributed by atoms with E-state index in [1.165, 1.54) is 29.3 Å². The third-order valence-corrected chi connectivity index (χ3v) is 19.4. The van der Waals surface area contributed by atoms with Crippen LogP contribution < -0.4 is 4.90 Å². The average molecular weight is 867 g/mol. The van der Waals surface area contributed by atoms with Gasteiger partial charge in [0.1, 0.15) is 0 Å². The van der Waals surface area contributed by atoms with Gasteiger partial charge in [-0.3, -0.25) is 19.2 Å². The smallest absolute Gasteiger partial charge is 0.303 e. The number of Topliss-reactive ketones (excluding diaryl/α,β-unsaturated/α-hetero) is 1. The number of anilines is 1. The summed E-state index contributed by atoms with van der Waals surface area (Å²) in [5, 5.41) is 22.1. The van der Waals surface area contributed by atoms with Crippen molar-refractivity contribution in [3.63, 3.8) is 0 Å². The Balaban J connectivity index is 0.000000159. The SMILES string of the molecule is CC(=O)O[C@]1(C(C)=O)CC[C@H]2[C@@H]3C=C(Cl)C4=CC(=O)[C@@H]5C[C@@H]5[C@]4(C)[C@H]3CC[C@@]21C.CN(C)c1ccc([C@H]2C[C@@]3(C)[C@@H](CC[C@]3(O)CCCO)[C@@H]3CCC4=CC(=O)CCC4=C32)cc1. The van der Waals surface area contributed by atoms with Crippen molar-refractivity contribution in [2.75, 3.05) is 25.6 Å². The van der Waals surface area contributed by atoms with Gasteiger partial charge >= 0.3 is 5.97 Å². The highest BCUT2D eigenvalue weighted by Gasteiger charge is 2.70. The molecule has 0 radical (unpaired) electrons. The summed E-state index contributed by atoms with van der Waals surface area (Å²) < 4.78 is 5.82. The Morgan fingerprint density at radius 2 is 1.56 bits per heavy atom. The highest BCUT2D eigenvalue weighted by Crippen LogP contribution is 2.73. The van der Waals surface area contributed by atoms with Crippen molar-refractivity contribution in [3.8, 4) is 0 Å². The van der Waals surface area contributed by atoms with E-state index >= 15 is 0 Å². The average Bonchev–Trinajstić information content (AvgIpc) is 3.94. The van der Waals surface area contributed by atoms with E-state index in [0.29, 0.717) is 54.4 Å². The number of hydrogen-bond donors (Lipinski definition) is 2. The Hall–Kier alpha value is -3.33. The number of aliphatic hydroxyl groups excluding tert-OH is 1. The van der Waals surface area contributed by atoms with Gasteiger partial charge in [-0.05, 0) is 172 Å². The molecule has 0 bridgehead atoms. The van der Waals surface area contributed by atoms with Crippen molar-refractivity contribution in [1.82, 2.24) is 0 Å². The number of hydrogen-bond acceptors (Lipinski definition) is 8. The van der Waals surface area contributed by atoms with Gasteiger partial charge in [-0.2, -0.15) is 0 Å². The summed E-state index contributed by atoms with van der Waals surface area (Å²) in [5.41, 5.74) is 5.52. The van der Waals surface area contributed by atoms with E-state index in [0.717, 1.165) is 69.8 Å². The van der Waals surface area contributed by atoms with E-state index < -0.39 is 11.2 Å². The maximum absolute atomic E-state index is 12.8. The van der Waals surface area contributed by atoms with E-state index in [-0.39, 0.29) is 69.8 Å². The molecule has 9 aliphatic carbocycles. The first-order chi connectivity index (χ1) is 29.3. The fourth-order valence-electron chi connectivity index (χ4n) is 15.9. The molecule has 1 aromatic carbocycles. The molecule has 0 saturated heterocycles. The number of allylic oxidation sites excluding steroid dienone is 8. The monoisotopic (exact) mass is 865 g/mol. The highest BCUT2D eigenvalue weighted by molar-refractivity contribution is 6.32. The van der Waals surface area contributed by atoms with Crippen LogP contribution in [0.5, 0.6) is 0 Å². The first-order valence-corrected chi connectivity index (χ1v) is 24.1. The number of fused-ring (bicyclic) bond motifs is 11. The van der Waals surface area contributed by atoms with Crippen LogP contribution in [-0.4, -0.2) is 65.4 Å². The fraction of sp³-hybridized carbons (Fsp3) is 0.660. The number of benzene rings is 1. The molecule has 334 valence electrons. The molecule has 8 nitrogen and oxygen atoms in total. The number of carbonyl (C=O) groups is 4. The molecule has 0 aromatic heterocycles. The van der Waals surface area contributed by atoms with Crippen molar-refractivity contribution in [1.29, 1.82) is 0 Å². The topological polar surface area (TPSA) is 121 Å². The number of aliphatic hydroxyl groups is 2. The van der Waals surface area contributed by atoms with Crippen LogP contribution in [0.4, 0.5) is 5.69 Å². The Kier molecular flexibility index (Phi) is 10.9. The Labute approximate surface area is 373 Å². The predicted molar refractivity (Wildman–Crippen MR) is 241 cm³/mol. The van der Waals surface area contributed by atoms with Gasteiger partial charge in [0, 0.05) is 72.8 Å². The van der Waals surface area contributed by atoms with E-state index in [9.17, 15) is 29.4 Å². The van der Waals surface area contributed by atoms with Gasteiger partial charge in [0.15, 0.2) is 23.0 Å². The lowest BCUT2D eigenvalue weighted by molar-refractivity contribution is -0.185. The minimum atomic E-state index is -1.03. The molecule has 0 aliphatic heterocycles. The summed E-state index contributed by atoms with van der Waals surface area (Å²) in [6, 6.07) is 8.98. The molecule has 62 heavy (non-hydrogen) atoms. The van der Waals surface area contributed by atoms with Crippen LogP contribution in [0.3, 0.4) is 0 Å². The van der Waals surface area contributed by atoms with Gasteiger partial charge in [-0.15, -0.1) is 0 Å². The Bertz CT molecular complexity index is 2200. The standard InChI is InChI=1S/C29H39NO3.C24H29ClO4/c1-28-18-25(19-5-8-21(9-6-19)30(2)3)27-23-12-10-22(32)17-20(23)7-11-24(27)26(28)13-15-29(28,33)14-4-16-31;1-12(26)24(29-13(2)27)8-6-16-14-10-20(25)19-11-21(28)15-9-18(15)23(19,4)17(14)5-7-22(16,24)3/h5-6,8-9,17,24-26,31,33H,4,7,10-16,18H2,1-3H3;10-11,14-18H,5-9H2,1-4H3/t24-,25+,26-,28-,29+;14-,15+,16-,17-,18-,22-,23-,24-/m00/s1. The van der Waals surface area contributed by atoms with E-state index in [1.807, 2.05) is 12.2 Å². The molecule has 13 atom stereocenters. The molecule has 0 spiro atoms. The highest BCUT2D eigenvalue weighted by atomic mass is 35.5. The number of ketones is 3. The van der Waals surface area contributed by atoms with Crippen LogP contribution in [0.2, 0.25) is 0 Å². The zero-order valence-corrected chi connectivity index (χ0v) is 38.8. The second-order valence-corrected chi connectivity index (χ2v) is 22.3. The summed E-state index contributed by atoms with van der Waals surface area (Å²) in [4.78, 5) is 51.5. The summed E-state index contributed by atoms with van der Waals surface area (Å²) in [7, 11) is 4.14. The van der Waals surface area contributed by atoms with Gasteiger partial charge in [0.2, 0.25) is 0 Å². The third kappa shape index (κ3) is 6.40. The molecule has 0 heterocycles. The van der Waals surface area contributed by atoms with Crippen LogP contribution in [0.1, 0.15) is 136 Å². The molecule has 9 heteroatoms. The maximum atomic E-state index is 12.8. The molecule has 1 aromatic rings. The largest absolute Gasteiger partial charge is 0.451 e. The molecule has 5 fully saturated rings. The summed E-state index contributed by atoms with van der Waals surface area (Å²) in [6.45, 7) is 9.89. The number of rotatable bonds is 7. The lowest BCUT2D eigenvalue weighted by atomic mass is 9.47. The zero-order valence-electron chi connectivity index (χ0n) is 38.0. The van der Waals surface area contributed by atoms with Gasteiger partial charge in [0.05, 0.1) is 5.60 Å². The molecule has 10 rings (SSSR count). The molecule has 2 N–H and O–H groups in total. The first-order valence-electron chi connectivity index (χ1n) is 23.7. The number of halogens is 1. The van der Waals surface area contributed by atoms with Crippen molar-refractivity contribution in [2.45, 2.75) is 142 Å². The molecule has 0 amide bonds. The summed E-state index contributed by atoms with van der Waals surface area (Å²) in [6.07, 6.45) is 17.9. The van der Waals surface area contributed by atoms with Gasteiger partial charge in [0.25, 0.3) is 0 Å². The second kappa shape index (κ2) is 15.4. The lowest BCUT2D eigenvalue weighted by Gasteiger charge is -2.57. The Morgan fingerprint density at radius 1 is 0.855 bits per heavy atom. The van der Waals surface area contributed by atoms with Crippen LogP contribution in [0.15, 0.2) is 69.8 Å². The molecule has 9 aliphatic rings. The van der Waals surface area contributed by atoms with E-state index in [1.54, 1.807) is 12.5 Å². The van der Waals surface area contributed by atoms with Gasteiger partial charge in [-0.25, -0.2) is 0 Å². The van der Waals surface area contributed by atoms with Crippen molar-refractivity contribution < 1.29 is 34.1 Å². The van der Waals surface area contributed by atoms with Gasteiger partial charge < -0.3 is 19.8 Å². The number of nitrogens with zero attached hydrogens (tertiary/aromatic N) is 1. The summed E-state index contributed by atoms with van der Waals surface area (Å²) >= 11 is 6.79. The molecule has 5 saturated carbocycles. The quantitative estimate of drug-likeness (QED) is 0.260. The van der Waals surface area contributed by atoms with Crippen LogP contribution >= 0.6 is 11.6 Å². The molecular formula is C53H68ClNO7. The van der Waals surface area contributed by atoms with Crippen LogP contribution in [0.25, 0.3) is 0 Å². The summed E-state index contributed by atoms with van der Waals surface area (Å²) in [5.74, 6) is 2.77. The van der Waals surface area contributed by atoms with E-state index in [4.69, 9.17) is 16.3 Å². The van der Waals surface area contributed by atoms with Gasteiger partial charge in [-0.1, -0.05) is 56.2 Å². The maximum Gasteiger partial charge on any atom is 0.303 e. The number of carbonyl (C=O) groups excluding carboxylic acids is 4. The third-order valence-electron chi connectivity index (χ3n) is 19.1. The molecular weight excluding hydrogens is 798 g/mol. The van der Waals surface area contributed by atoms with Crippen LogP contribution in [-0.2, 0) is 23.9 Å². The zero-order chi connectivity index (χ0) is 44.3. The Morgan fingerprint density at radius 3 is 2.24 bits per heavy atom. The normalized spacial score (nSPS) is 42.2. The minimum absolute atomic E-state index is 0.0423. The number of ether oxygens (including phenoxy) is 1. The second-order valence-electron chi connectivity index (χ2n) is 21.8. The van der Waals surface area contributed by atoms with E-state index in [2.05, 4.69) is 70.1 Å². The van der Waals surface area contributed by atoms with Crippen molar-refractivity contribution >= 4 is 40.6 Å². The molecule has 0 unspecified atom stereocenters. The number of esters is 1. The minimum Gasteiger partial charge on any atom is -0.451 e. The first kappa shape index (κ1) is 43.9. The van der Waals surface area contributed by atoms with Crippen molar-refractivity contribution in [3.05, 3.63) is 75.4 Å². The predicted octanol–water partition coefficient (Wildman–Crippen LogP) is 9.76. The van der Waals surface area contributed by atoms with Crippen LogP contribution in [0, 0.1) is 57.7 Å². The van der Waals surface area contributed by atoms with Crippen molar-refractivity contribution in [2.24, 2.45) is 57.7 Å².